The van der Waals surface area contributed by atoms with E-state index in [9.17, 15) is 0 Å². The van der Waals surface area contributed by atoms with Crippen molar-refractivity contribution >= 4 is 38.2 Å². The van der Waals surface area contributed by atoms with E-state index in [2.05, 4.69) is 73.4 Å². The standard InChI is InChI=1S/C21H18BrN3S/c22-19-3-1-15(2-4-19)5-8-23-12-18-11-16-6-9-24-13-20(16)25-21(18)17-7-10-26-14-17/h1-4,6-7,9-11,13-14,23H,5,8,12H2. The summed E-state index contributed by atoms with van der Waals surface area (Å²) >= 11 is 5.17. The van der Waals surface area contributed by atoms with Gasteiger partial charge in [-0.15, -0.1) is 0 Å². The van der Waals surface area contributed by atoms with E-state index in [0.29, 0.717) is 0 Å². The first kappa shape index (κ1) is 17.3. The smallest absolute Gasteiger partial charge is 0.0892 e. The highest BCUT2D eigenvalue weighted by Gasteiger charge is 2.10. The van der Waals surface area contributed by atoms with Gasteiger partial charge in [-0.2, -0.15) is 11.3 Å². The molecule has 5 heteroatoms. The summed E-state index contributed by atoms with van der Waals surface area (Å²) in [4.78, 5) is 9.06. The third-order valence-corrected chi connectivity index (χ3v) is 5.52. The van der Waals surface area contributed by atoms with Crippen LogP contribution < -0.4 is 5.32 Å². The number of hydrogen-bond acceptors (Lipinski definition) is 4. The van der Waals surface area contributed by atoms with Crippen LogP contribution >= 0.6 is 27.3 Å². The fraction of sp³-hybridized carbons (Fsp3) is 0.143. The number of rotatable bonds is 6. The molecule has 0 radical (unpaired) electrons. The van der Waals surface area contributed by atoms with Crippen molar-refractivity contribution in [3.8, 4) is 11.3 Å². The van der Waals surface area contributed by atoms with Crippen LogP contribution in [0.25, 0.3) is 22.2 Å². The van der Waals surface area contributed by atoms with Crippen LogP contribution in [-0.4, -0.2) is 16.5 Å². The molecule has 0 amide bonds. The van der Waals surface area contributed by atoms with Gasteiger partial charge in [-0.05, 0) is 59.8 Å². The topological polar surface area (TPSA) is 37.8 Å². The van der Waals surface area contributed by atoms with Gasteiger partial charge in [0.25, 0.3) is 0 Å². The molecule has 4 aromatic rings. The van der Waals surface area contributed by atoms with E-state index in [4.69, 9.17) is 4.98 Å². The van der Waals surface area contributed by atoms with Crippen molar-refractivity contribution in [2.24, 2.45) is 0 Å². The molecule has 1 aromatic carbocycles. The Morgan fingerprint density at radius 1 is 1.08 bits per heavy atom. The first-order valence-electron chi connectivity index (χ1n) is 8.51. The average Bonchev–Trinajstić information content (AvgIpc) is 3.20. The molecule has 0 saturated heterocycles. The number of fused-ring (bicyclic) bond motifs is 1. The lowest BCUT2D eigenvalue weighted by Crippen LogP contribution is -2.17. The number of benzene rings is 1. The van der Waals surface area contributed by atoms with Gasteiger partial charge in [0.15, 0.2) is 0 Å². The van der Waals surface area contributed by atoms with Crippen molar-refractivity contribution < 1.29 is 0 Å². The van der Waals surface area contributed by atoms with Crippen molar-refractivity contribution in [2.75, 3.05) is 6.54 Å². The maximum Gasteiger partial charge on any atom is 0.0892 e. The Morgan fingerprint density at radius 3 is 2.77 bits per heavy atom. The Balaban J connectivity index is 1.51. The minimum Gasteiger partial charge on any atom is -0.312 e. The lowest BCUT2D eigenvalue weighted by Gasteiger charge is -2.11. The summed E-state index contributed by atoms with van der Waals surface area (Å²) in [5.41, 5.74) is 5.71. The predicted molar refractivity (Wildman–Crippen MR) is 112 cm³/mol. The molecular weight excluding hydrogens is 406 g/mol. The Hall–Kier alpha value is -2.08. The summed E-state index contributed by atoms with van der Waals surface area (Å²) in [6, 6.07) is 14.9. The lowest BCUT2D eigenvalue weighted by atomic mass is 10.1. The lowest BCUT2D eigenvalue weighted by molar-refractivity contribution is 0.687. The highest BCUT2D eigenvalue weighted by atomic mass is 79.9. The van der Waals surface area contributed by atoms with E-state index in [1.165, 1.54) is 16.7 Å². The van der Waals surface area contributed by atoms with Crippen molar-refractivity contribution in [1.29, 1.82) is 0 Å². The van der Waals surface area contributed by atoms with Gasteiger partial charge in [-0.1, -0.05) is 28.1 Å². The van der Waals surface area contributed by atoms with E-state index in [-0.39, 0.29) is 0 Å². The molecule has 4 rings (SSSR count). The predicted octanol–water partition coefficient (Wildman–Crippen LogP) is 5.45. The second-order valence-corrected chi connectivity index (χ2v) is 7.83. The van der Waals surface area contributed by atoms with Gasteiger partial charge in [0, 0.05) is 33.5 Å². The van der Waals surface area contributed by atoms with Crippen LogP contribution in [0.5, 0.6) is 0 Å². The van der Waals surface area contributed by atoms with Gasteiger partial charge in [0.05, 0.1) is 17.4 Å². The molecule has 0 atom stereocenters. The quantitative estimate of drug-likeness (QED) is 0.418. The van der Waals surface area contributed by atoms with E-state index in [1.54, 1.807) is 11.3 Å². The third kappa shape index (κ3) is 4.01. The summed E-state index contributed by atoms with van der Waals surface area (Å²) in [5.74, 6) is 0. The number of pyridine rings is 2. The molecule has 0 bridgehead atoms. The summed E-state index contributed by atoms with van der Waals surface area (Å²) in [6.45, 7) is 1.73. The Morgan fingerprint density at radius 2 is 1.96 bits per heavy atom. The SMILES string of the molecule is Brc1ccc(CCNCc2cc3ccncc3nc2-c2ccsc2)cc1. The summed E-state index contributed by atoms with van der Waals surface area (Å²) < 4.78 is 1.12. The summed E-state index contributed by atoms with van der Waals surface area (Å²) in [5, 5.41) is 8.94. The van der Waals surface area contributed by atoms with Gasteiger partial charge < -0.3 is 5.32 Å². The molecule has 26 heavy (non-hydrogen) atoms. The van der Waals surface area contributed by atoms with E-state index >= 15 is 0 Å². The number of halogens is 1. The highest BCUT2D eigenvalue weighted by molar-refractivity contribution is 9.10. The minimum atomic E-state index is 0.799. The molecule has 0 aliphatic heterocycles. The van der Waals surface area contributed by atoms with Crippen molar-refractivity contribution in [1.82, 2.24) is 15.3 Å². The van der Waals surface area contributed by atoms with Crippen LogP contribution in [0.15, 0.2) is 70.1 Å². The van der Waals surface area contributed by atoms with Crippen LogP contribution in [0.4, 0.5) is 0 Å². The summed E-state index contributed by atoms with van der Waals surface area (Å²) in [7, 11) is 0. The maximum atomic E-state index is 4.86. The molecule has 3 aromatic heterocycles. The second-order valence-electron chi connectivity index (χ2n) is 6.13. The van der Waals surface area contributed by atoms with Gasteiger partial charge >= 0.3 is 0 Å². The fourth-order valence-electron chi connectivity index (χ4n) is 2.95. The van der Waals surface area contributed by atoms with Crippen LogP contribution in [0, 0.1) is 0 Å². The largest absolute Gasteiger partial charge is 0.312 e. The maximum absolute atomic E-state index is 4.86. The fourth-order valence-corrected chi connectivity index (χ4v) is 3.86. The van der Waals surface area contributed by atoms with Crippen LogP contribution in [-0.2, 0) is 13.0 Å². The van der Waals surface area contributed by atoms with E-state index < -0.39 is 0 Å². The Kier molecular flexibility index (Phi) is 5.39. The minimum absolute atomic E-state index is 0.799. The average molecular weight is 424 g/mol. The molecule has 0 aliphatic carbocycles. The zero-order chi connectivity index (χ0) is 17.8. The number of hydrogen-bond donors (Lipinski definition) is 1. The van der Waals surface area contributed by atoms with Crippen molar-refractivity contribution in [3.05, 3.63) is 81.2 Å². The van der Waals surface area contributed by atoms with E-state index in [0.717, 1.165) is 40.6 Å². The monoisotopic (exact) mass is 423 g/mol. The molecule has 0 aliphatic rings. The van der Waals surface area contributed by atoms with Crippen LogP contribution in [0.1, 0.15) is 11.1 Å². The number of nitrogens with one attached hydrogen (secondary N) is 1. The molecule has 3 heterocycles. The number of nitrogens with zero attached hydrogens (tertiary/aromatic N) is 2. The molecule has 130 valence electrons. The van der Waals surface area contributed by atoms with Crippen LogP contribution in [0.3, 0.4) is 0 Å². The summed E-state index contributed by atoms with van der Waals surface area (Å²) in [6.07, 6.45) is 4.65. The van der Waals surface area contributed by atoms with Gasteiger partial charge in [0.1, 0.15) is 0 Å². The van der Waals surface area contributed by atoms with E-state index in [1.807, 2.05) is 18.5 Å². The Labute approximate surface area is 165 Å². The molecular formula is C21H18BrN3S. The zero-order valence-electron chi connectivity index (χ0n) is 14.2. The molecule has 0 spiro atoms. The first-order valence-corrected chi connectivity index (χ1v) is 10.2. The van der Waals surface area contributed by atoms with Crippen molar-refractivity contribution in [2.45, 2.75) is 13.0 Å². The highest BCUT2D eigenvalue weighted by Crippen LogP contribution is 2.27. The van der Waals surface area contributed by atoms with Gasteiger partial charge in [-0.3, -0.25) is 4.98 Å². The van der Waals surface area contributed by atoms with Gasteiger partial charge in [0.2, 0.25) is 0 Å². The molecule has 3 nitrogen and oxygen atoms in total. The first-order chi connectivity index (χ1) is 12.8. The Bertz CT molecular complexity index is 998. The second kappa shape index (κ2) is 8.08. The molecule has 1 N–H and O–H groups in total. The zero-order valence-corrected chi connectivity index (χ0v) is 16.6. The molecule has 0 unspecified atom stereocenters. The van der Waals surface area contributed by atoms with Crippen molar-refractivity contribution in [3.63, 3.8) is 0 Å². The third-order valence-electron chi connectivity index (χ3n) is 4.31. The number of thiophene rings is 1. The van der Waals surface area contributed by atoms with Gasteiger partial charge in [-0.25, -0.2) is 4.98 Å². The normalized spacial score (nSPS) is 11.1. The van der Waals surface area contributed by atoms with Crippen LogP contribution in [0.2, 0.25) is 0 Å². The molecule has 0 saturated carbocycles. The molecule has 0 fully saturated rings. The number of aromatic nitrogens is 2.